The van der Waals surface area contributed by atoms with Crippen LogP contribution in [0, 0.1) is 0 Å². The van der Waals surface area contributed by atoms with Crippen LogP contribution in [0.4, 0.5) is 0 Å². The monoisotopic (exact) mass is 248 g/mol. The summed E-state index contributed by atoms with van der Waals surface area (Å²) in [6, 6.07) is 0. The molecule has 0 aliphatic carbocycles. The molecule has 2 nitrogen and oxygen atoms in total. The molecular formula is C6H2BrClN2S. The lowest BCUT2D eigenvalue weighted by Gasteiger charge is -1.87. The van der Waals surface area contributed by atoms with Crippen molar-refractivity contribution in [3.05, 3.63) is 21.3 Å². The maximum atomic E-state index is 5.71. The van der Waals surface area contributed by atoms with Crippen LogP contribution in [0.2, 0.25) is 4.47 Å². The van der Waals surface area contributed by atoms with Gasteiger partial charge in [0, 0.05) is 12.4 Å². The number of halogens is 2. The molecule has 0 N–H and O–H groups in total. The molecule has 0 saturated carbocycles. The summed E-state index contributed by atoms with van der Waals surface area (Å²) >= 11 is 10.5. The molecule has 0 aliphatic rings. The summed E-state index contributed by atoms with van der Waals surface area (Å²) in [6.07, 6.45) is 3.46. The molecule has 0 aromatic carbocycles. The highest BCUT2D eigenvalue weighted by Gasteiger charge is 2.03. The van der Waals surface area contributed by atoms with E-state index in [1.54, 1.807) is 12.4 Å². The summed E-state index contributed by atoms with van der Waals surface area (Å²) in [5.41, 5.74) is 0.884. The second-order valence-electron chi connectivity index (χ2n) is 1.93. The summed E-state index contributed by atoms with van der Waals surface area (Å²) in [4.78, 5) is 8.10. The summed E-state index contributed by atoms with van der Waals surface area (Å²) in [5, 5.41) is 0. The third-order valence-corrected chi connectivity index (χ3v) is 2.91. The van der Waals surface area contributed by atoms with Gasteiger partial charge < -0.3 is 0 Å². The molecule has 56 valence electrons. The number of pyridine rings is 1. The van der Waals surface area contributed by atoms with Crippen LogP contribution in [-0.2, 0) is 0 Å². The van der Waals surface area contributed by atoms with E-state index in [2.05, 4.69) is 25.9 Å². The number of hydrogen-bond acceptors (Lipinski definition) is 3. The fourth-order valence-electron chi connectivity index (χ4n) is 0.795. The van der Waals surface area contributed by atoms with Crippen molar-refractivity contribution in [2.24, 2.45) is 0 Å². The van der Waals surface area contributed by atoms with Gasteiger partial charge in [0.1, 0.15) is 5.52 Å². The number of thiazole rings is 1. The molecule has 0 amide bonds. The maximum absolute atomic E-state index is 5.71. The number of nitrogens with zero attached hydrogens (tertiary/aromatic N) is 2. The molecule has 0 bridgehead atoms. The molecule has 0 fully saturated rings. The van der Waals surface area contributed by atoms with Crippen molar-refractivity contribution in [2.75, 3.05) is 0 Å². The highest BCUT2D eigenvalue weighted by Crippen LogP contribution is 2.29. The molecule has 2 heterocycles. The molecule has 2 aromatic rings. The minimum atomic E-state index is 0.550. The van der Waals surface area contributed by atoms with Crippen LogP contribution in [0.3, 0.4) is 0 Å². The molecule has 0 unspecified atom stereocenters. The Labute approximate surface area is 80.4 Å². The van der Waals surface area contributed by atoms with Gasteiger partial charge >= 0.3 is 0 Å². The number of rotatable bonds is 0. The highest BCUT2D eigenvalue weighted by molar-refractivity contribution is 9.10. The van der Waals surface area contributed by atoms with E-state index in [1.807, 2.05) is 0 Å². The van der Waals surface area contributed by atoms with E-state index in [-0.39, 0.29) is 0 Å². The summed E-state index contributed by atoms with van der Waals surface area (Å²) in [6.45, 7) is 0. The molecule has 0 saturated heterocycles. The van der Waals surface area contributed by atoms with Crippen molar-refractivity contribution < 1.29 is 0 Å². The normalized spacial score (nSPS) is 10.7. The zero-order chi connectivity index (χ0) is 7.84. The van der Waals surface area contributed by atoms with Gasteiger partial charge in [0.25, 0.3) is 0 Å². The van der Waals surface area contributed by atoms with Crippen molar-refractivity contribution in [1.29, 1.82) is 0 Å². The van der Waals surface area contributed by atoms with E-state index in [4.69, 9.17) is 11.6 Å². The molecular weight excluding hydrogens is 248 g/mol. The van der Waals surface area contributed by atoms with Crippen LogP contribution in [0.15, 0.2) is 16.9 Å². The average Bonchev–Trinajstić information content (AvgIpc) is 2.31. The van der Waals surface area contributed by atoms with E-state index in [0.29, 0.717) is 4.47 Å². The van der Waals surface area contributed by atoms with Crippen LogP contribution >= 0.6 is 38.9 Å². The third kappa shape index (κ3) is 1.26. The van der Waals surface area contributed by atoms with E-state index < -0.39 is 0 Å². The molecule has 2 aromatic heterocycles. The van der Waals surface area contributed by atoms with Crippen molar-refractivity contribution in [1.82, 2.24) is 9.97 Å². The van der Waals surface area contributed by atoms with Gasteiger partial charge in [0.2, 0.25) is 0 Å². The van der Waals surface area contributed by atoms with Gasteiger partial charge in [-0.25, -0.2) is 4.98 Å². The van der Waals surface area contributed by atoms with Gasteiger partial charge in [-0.15, -0.1) is 11.3 Å². The summed E-state index contributed by atoms with van der Waals surface area (Å²) in [7, 11) is 0. The molecule has 0 radical (unpaired) electrons. The quantitative estimate of drug-likeness (QED) is 0.717. The minimum Gasteiger partial charge on any atom is -0.262 e. The smallest absolute Gasteiger partial charge is 0.184 e. The number of fused-ring (bicyclic) bond motifs is 1. The van der Waals surface area contributed by atoms with Gasteiger partial charge in [0.05, 0.1) is 9.17 Å². The van der Waals surface area contributed by atoms with Gasteiger partial charge in [-0.1, -0.05) is 11.6 Å². The highest BCUT2D eigenvalue weighted by atomic mass is 79.9. The Morgan fingerprint density at radius 1 is 1.45 bits per heavy atom. The first-order valence-corrected chi connectivity index (χ1v) is 4.81. The van der Waals surface area contributed by atoms with E-state index in [9.17, 15) is 0 Å². The lowest BCUT2D eigenvalue weighted by atomic mass is 10.4. The third-order valence-electron chi connectivity index (χ3n) is 1.23. The first-order valence-electron chi connectivity index (χ1n) is 2.83. The molecule has 0 spiro atoms. The Balaban J connectivity index is 2.90. The largest absolute Gasteiger partial charge is 0.262 e. The van der Waals surface area contributed by atoms with Crippen molar-refractivity contribution >= 4 is 49.1 Å². The number of aromatic nitrogens is 2. The second kappa shape index (κ2) is 2.69. The Morgan fingerprint density at radius 3 is 3.00 bits per heavy atom. The molecule has 0 aliphatic heterocycles. The Bertz CT molecular complexity index is 400. The van der Waals surface area contributed by atoms with Gasteiger partial charge in [0.15, 0.2) is 4.47 Å². The van der Waals surface area contributed by atoms with Crippen LogP contribution in [0.1, 0.15) is 0 Å². The molecule has 2 rings (SSSR count). The lowest BCUT2D eigenvalue weighted by molar-refractivity contribution is 1.34. The second-order valence-corrected chi connectivity index (χ2v) is 4.40. The molecule has 0 atom stereocenters. The van der Waals surface area contributed by atoms with Crippen LogP contribution < -0.4 is 0 Å². The predicted octanol–water partition coefficient (Wildman–Crippen LogP) is 3.11. The molecule has 11 heavy (non-hydrogen) atoms. The van der Waals surface area contributed by atoms with E-state index in [0.717, 1.165) is 14.7 Å². The van der Waals surface area contributed by atoms with Gasteiger partial charge in [-0.05, 0) is 15.9 Å². The molecule has 5 heteroatoms. The van der Waals surface area contributed by atoms with Gasteiger partial charge in [-0.3, -0.25) is 4.98 Å². The fourth-order valence-corrected chi connectivity index (χ4v) is 2.36. The minimum absolute atomic E-state index is 0.550. The van der Waals surface area contributed by atoms with Crippen molar-refractivity contribution in [3.63, 3.8) is 0 Å². The topological polar surface area (TPSA) is 25.8 Å². The number of hydrogen-bond donors (Lipinski definition) is 0. The lowest BCUT2D eigenvalue weighted by Crippen LogP contribution is -1.72. The zero-order valence-electron chi connectivity index (χ0n) is 5.21. The average molecular weight is 250 g/mol. The standard InChI is InChI=1S/C6H2BrClN2S/c7-3-1-9-2-4-5(3)10-6(8)11-4/h1-2H. The Hall–Kier alpha value is -0.190. The van der Waals surface area contributed by atoms with Crippen LogP contribution in [0.5, 0.6) is 0 Å². The maximum Gasteiger partial charge on any atom is 0.184 e. The predicted molar refractivity (Wildman–Crippen MR) is 50.1 cm³/mol. The van der Waals surface area contributed by atoms with Crippen LogP contribution in [-0.4, -0.2) is 9.97 Å². The van der Waals surface area contributed by atoms with Crippen LogP contribution in [0.25, 0.3) is 10.2 Å². The van der Waals surface area contributed by atoms with E-state index >= 15 is 0 Å². The van der Waals surface area contributed by atoms with Crippen molar-refractivity contribution in [2.45, 2.75) is 0 Å². The van der Waals surface area contributed by atoms with Gasteiger partial charge in [-0.2, -0.15) is 0 Å². The Kier molecular flexibility index (Phi) is 1.83. The van der Waals surface area contributed by atoms with E-state index in [1.165, 1.54) is 11.3 Å². The fraction of sp³-hybridized carbons (Fsp3) is 0. The summed E-state index contributed by atoms with van der Waals surface area (Å²) in [5.74, 6) is 0. The first kappa shape index (κ1) is 7.46. The summed E-state index contributed by atoms with van der Waals surface area (Å²) < 4.78 is 2.44. The van der Waals surface area contributed by atoms with Crippen molar-refractivity contribution in [3.8, 4) is 0 Å². The SMILES string of the molecule is Clc1nc2c(Br)cncc2s1. The zero-order valence-corrected chi connectivity index (χ0v) is 8.37. The Morgan fingerprint density at radius 2 is 2.27 bits per heavy atom. The first-order chi connectivity index (χ1) is 5.27.